The standard InChI is InChI=1S/C25H18F4N6O2/c1-14-3-6-16(7-4-14)18-12-32-35-22(21(18)17-9-19(26)23(37-2)31-11-17)33-34(24(35)36)13-15-5-8-20(30-10-15)25(27,28)29/h3-12H,13H2,1-2H3. The number of aromatic nitrogens is 6. The summed E-state index contributed by atoms with van der Waals surface area (Å²) in [7, 11) is 1.30. The molecule has 12 heteroatoms. The maximum absolute atomic E-state index is 14.6. The van der Waals surface area contributed by atoms with Crippen LogP contribution >= 0.6 is 0 Å². The Labute approximate surface area is 206 Å². The highest BCUT2D eigenvalue weighted by Crippen LogP contribution is 2.35. The summed E-state index contributed by atoms with van der Waals surface area (Å²) in [5.74, 6) is -0.897. The summed E-state index contributed by atoms with van der Waals surface area (Å²) in [4.78, 5) is 20.5. The van der Waals surface area contributed by atoms with Gasteiger partial charge >= 0.3 is 11.9 Å². The van der Waals surface area contributed by atoms with E-state index >= 15 is 0 Å². The van der Waals surface area contributed by atoms with Gasteiger partial charge in [-0.25, -0.2) is 18.9 Å². The van der Waals surface area contributed by atoms with Crippen molar-refractivity contribution in [1.29, 1.82) is 0 Å². The quantitative estimate of drug-likeness (QED) is 0.323. The Morgan fingerprint density at radius 1 is 0.973 bits per heavy atom. The van der Waals surface area contributed by atoms with Gasteiger partial charge < -0.3 is 4.74 Å². The van der Waals surface area contributed by atoms with Crippen molar-refractivity contribution in [3.63, 3.8) is 0 Å². The molecule has 8 nitrogen and oxygen atoms in total. The molecule has 5 aromatic rings. The van der Waals surface area contributed by atoms with Crippen LogP contribution in [0.3, 0.4) is 0 Å². The normalized spacial score (nSPS) is 11.7. The Balaban J connectivity index is 1.67. The number of ether oxygens (including phenoxy) is 1. The number of benzene rings is 1. The van der Waals surface area contributed by atoms with Crippen molar-refractivity contribution < 1.29 is 22.3 Å². The summed E-state index contributed by atoms with van der Waals surface area (Å²) in [6.45, 7) is 1.79. The Bertz CT molecular complexity index is 1660. The molecule has 0 saturated heterocycles. The molecular weight excluding hydrogens is 492 g/mol. The van der Waals surface area contributed by atoms with E-state index in [0.29, 0.717) is 22.3 Å². The molecule has 0 amide bonds. The molecule has 0 aliphatic carbocycles. The molecule has 0 aliphatic rings. The maximum atomic E-state index is 14.6. The molecule has 0 N–H and O–H groups in total. The van der Waals surface area contributed by atoms with Gasteiger partial charge in [-0.3, -0.25) is 4.98 Å². The van der Waals surface area contributed by atoms with Gasteiger partial charge in [0.05, 0.1) is 19.9 Å². The van der Waals surface area contributed by atoms with Gasteiger partial charge in [0.25, 0.3) is 0 Å². The zero-order valence-corrected chi connectivity index (χ0v) is 19.5. The van der Waals surface area contributed by atoms with E-state index in [-0.39, 0.29) is 18.1 Å². The number of nitrogens with zero attached hydrogens (tertiary/aromatic N) is 6. The molecule has 0 radical (unpaired) electrons. The number of aryl methyl sites for hydroxylation is 1. The van der Waals surface area contributed by atoms with Crippen LogP contribution in [0, 0.1) is 12.7 Å². The van der Waals surface area contributed by atoms with Gasteiger partial charge in [-0.05, 0) is 30.2 Å². The smallest absolute Gasteiger partial charge is 0.433 e. The predicted octanol–water partition coefficient (Wildman–Crippen LogP) is 4.54. The number of hydrogen-bond donors (Lipinski definition) is 0. The van der Waals surface area contributed by atoms with Gasteiger partial charge in [0, 0.05) is 29.1 Å². The lowest BCUT2D eigenvalue weighted by atomic mass is 9.97. The summed E-state index contributed by atoms with van der Waals surface area (Å²) < 4.78 is 60.2. The number of rotatable bonds is 5. The molecular formula is C25H18F4N6O2. The number of fused-ring (bicyclic) bond motifs is 1. The van der Waals surface area contributed by atoms with Gasteiger partial charge in [-0.15, -0.1) is 5.10 Å². The summed E-state index contributed by atoms with van der Waals surface area (Å²) >= 11 is 0. The molecule has 5 rings (SSSR count). The Morgan fingerprint density at radius 2 is 1.73 bits per heavy atom. The molecule has 0 aliphatic heterocycles. The van der Waals surface area contributed by atoms with Gasteiger partial charge in [-0.2, -0.15) is 22.8 Å². The zero-order chi connectivity index (χ0) is 26.3. The van der Waals surface area contributed by atoms with Crippen molar-refractivity contribution in [3.05, 3.63) is 94.2 Å². The minimum atomic E-state index is -4.58. The maximum Gasteiger partial charge on any atom is 0.433 e. The number of halogens is 4. The van der Waals surface area contributed by atoms with Crippen LogP contribution in [0.4, 0.5) is 17.6 Å². The highest BCUT2D eigenvalue weighted by atomic mass is 19.4. The number of methoxy groups -OCH3 is 1. The topological polar surface area (TPSA) is 87.2 Å². The predicted molar refractivity (Wildman–Crippen MR) is 126 cm³/mol. The van der Waals surface area contributed by atoms with E-state index in [1.54, 1.807) is 0 Å². The van der Waals surface area contributed by atoms with Crippen molar-refractivity contribution in [2.45, 2.75) is 19.6 Å². The van der Waals surface area contributed by atoms with Crippen molar-refractivity contribution in [2.75, 3.05) is 7.11 Å². The Kier molecular flexibility index (Phi) is 5.94. The lowest BCUT2D eigenvalue weighted by molar-refractivity contribution is -0.141. The van der Waals surface area contributed by atoms with Crippen LogP contribution in [-0.4, -0.2) is 36.5 Å². The lowest BCUT2D eigenvalue weighted by Crippen LogP contribution is -2.23. The molecule has 188 valence electrons. The summed E-state index contributed by atoms with van der Waals surface area (Å²) in [5, 5.41) is 8.65. The van der Waals surface area contributed by atoms with Crippen LogP contribution in [0.1, 0.15) is 16.8 Å². The van der Waals surface area contributed by atoms with E-state index in [9.17, 15) is 22.4 Å². The third-order valence-electron chi connectivity index (χ3n) is 5.71. The number of hydrogen-bond acceptors (Lipinski definition) is 6. The zero-order valence-electron chi connectivity index (χ0n) is 19.5. The van der Waals surface area contributed by atoms with Gasteiger partial charge in [-0.1, -0.05) is 35.9 Å². The second-order valence-electron chi connectivity index (χ2n) is 8.24. The highest BCUT2D eigenvalue weighted by molar-refractivity contribution is 5.91. The van der Waals surface area contributed by atoms with Crippen LogP contribution in [0.2, 0.25) is 0 Å². The van der Waals surface area contributed by atoms with Gasteiger partial charge in [0.15, 0.2) is 11.5 Å². The molecule has 0 fully saturated rings. The van der Waals surface area contributed by atoms with Gasteiger partial charge in [0.2, 0.25) is 5.88 Å². The molecule has 0 unspecified atom stereocenters. The Morgan fingerprint density at radius 3 is 2.35 bits per heavy atom. The molecule has 0 bridgehead atoms. The first-order valence-corrected chi connectivity index (χ1v) is 10.9. The van der Waals surface area contributed by atoms with Crippen molar-refractivity contribution in [2.24, 2.45) is 0 Å². The molecule has 0 saturated carbocycles. The Hall–Kier alpha value is -4.61. The van der Waals surface area contributed by atoms with Crippen LogP contribution in [0.25, 0.3) is 27.9 Å². The first kappa shape index (κ1) is 24.1. The van der Waals surface area contributed by atoms with Crippen LogP contribution in [0.15, 0.2) is 65.8 Å². The fourth-order valence-corrected chi connectivity index (χ4v) is 3.87. The second-order valence-corrected chi connectivity index (χ2v) is 8.24. The van der Waals surface area contributed by atoms with E-state index < -0.39 is 23.4 Å². The van der Waals surface area contributed by atoms with Crippen molar-refractivity contribution in [3.8, 4) is 28.1 Å². The van der Waals surface area contributed by atoms with Crippen molar-refractivity contribution in [1.82, 2.24) is 29.4 Å². The number of pyridine rings is 2. The average Bonchev–Trinajstić information content (AvgIpc) is 3.18. The minimum Gasteiger partial charge on any atom is -0.479 e. The van der Waals surface area contributed by atoms with Gasteiger partial charge in [0.1, 0.15) is 5.69 Å². The molecule has 4 aromatic heterocycles. The highest BCUT2D eigenvalue weighted by Gasteiger charge is 2.32. The second kappa shape index (κ2) is 9.12. The SMILES string of the molecule is COc1ncc(-c2c(-c3ccc(C)cc3)cnn3c(=O)n(Cc4ccc(C(F)(F)F)nc4)nc23)cc1F. The molecule has 1 aromatic carbocycles. The average molecular weight is 510 g/mol. The largest absolute Gasteiger partial charge is 0.479 e. The molecule has 0 atom stereocenters. The first-order valence-electron chi connectivity index (χ1n) is 10.9. The summed E-state index contributed by atoms with van der Waals surface area (Å²) in [6.07, 6.45) is -0.667. The summed E-state index contributed by atoms with van der Waals surface area (Å²) in [5.41, 5.74) is 1.86. The summed E-state index contributed by atoms with van der Waals surface area (Å²) in [6, 6.07) is 10.8. The third-order valence-corrected chi connectivity index (χ3v) is 5.71. The molecule has 37 heavy (non-hydrogen) atoms. The molecule has 0 spiro atoms. The fourth-order valence-electron chi connectivity index (χ4n) is 3.87. The van der Waals surface area contributed by atoms with Crippen LogP contribution in [0.5, 0.6) is 5.88 Å². The van der Waals surface area contributed by atoms with Crippen LogP contribution in [-0.2, 0) is 12.7 Å². The fraction of sp³-hybridized carbons (Fsp3) is 0.160. The van der Waals surface area contributed by atoms with Crippen LogP contribution < -0.4 is 10.4 Å². The molecule has 4 heterocycles. The van der Waals surface area contributed by atoms with E-state index in [0.717, 1.165) is 32.6 Å². The monoisotopic (exact) mass is 510 g/mol. The minimum absolute atomic E-state index is 0.120. The number of alkyl halides is 3. The van der Waals surface area contributed by atoms with E-state index in [4.69, 9.17) is 4.74 Å². The lowest BCUT2D eigenvalue weighted by Gasteiger charge is -2.11. The van der Waals surface area contributed by atoms with E-state index in [1.165, 1.54) is 31.6 Å². The van der Waals surface area contributed by atoms with E-state index in [2.05, 4.69) is 20.2 Å². The first-order chi connectivity index (χ1) is 17.7. The third kappa shape index (κ3) is 4.53. The van der Waals surface area contributed by atoms with E-state index in [1.807, 2.05) is 31.2 Å². The van der Waals surface area contributed by atoms with Crippen molar-refractivity contribution >= 4 is 5.65 Å².